The smallest absolute Gasteiger partial charge is 0.247 e. The number of hydrogen-bond donors (Lipinski definition) is 1. The van der Waals surface area contributed by atoms with Crippen LogP contribution in [0.1, 0.15) is 17.5 Å². The minimum atomic E-state index is -3.63. The van der Waals surface area contributed by atoms with Gasteiger partial charge in [0.15, 0.2) is 0 Å². The summed E-state index contributed by atoms with van der Waals surface area (Å²) >= 11 is 0. The van der Waals surface area contributed by atoms with Gasteiger partial charge in [-0.1, -0.05) is 0 Å². The van der Waals surface area contributed by atoms with Gasteiger partial charge in [0.1, 0.15) is 6.10 Å². The molecule has 0 aliphatic carbocycles. The third-order valence-corrected chi connectivity index (χ3v) is 4.25. The molecule has 0 atom stereocenters. The van der Waals surface area contributed by atoms with Gasteiger partial charge in [-0.3, -0.25) is 0 Å². The third-order valence-electron chi connectivity index (χ3n) is 2.53. The molecular formula is C11H12N4O5S2. The van der Waals surface area contributed by atoms with Crippen LogP contribution in [0.4, 0.5) is 0 Å². The zero-order valence-corrected chi connectivity index (χ0v) is 13.2. The van der Waals surface area contributed by atoms with Crippen molar-refractivity contribution in [1.29, 1.82) is 0 Å². The van der Waals surface area contributed by atoms with E-state index >= 15 is 0 Å². The van der Waals surface area contributed by atoms with Gasteiger partial charge in [-0.15, -0.1) is 0 Å². The van der Waals surface area contributed by atoms with E-state index in [1.54, 1.807) is 0 Å². The Hall–Kier alpha value is -1.98. The van der Waals surface area contributed by atoms with Crippen LogP contribution in [0.15, 0.2) is 34.8 Å². The molecule has 0 fully saturated rings. The van der Waals surface area contributed by atoms with E-state index in [0.717, 1.165) is 12.5 Å². The Morgan fingerprint density at radius 3 is 1.55 bits per heavy atom. The molecule has 11 heteroatoms. The number of sulfone groups is 2. The SMILES string of the molecule is CS(=O)(=O)c1nccc(C(O)c2ccnc(S(C)(=O)=O)n2)n1. The van der Waals surface area contributed by atoms with Gasteiger partial charge < -0.3 is 5.11 Å². The second kappa shape index (κ2) is 5.66. The van der Waals surface area contributed by atoms with Gasteiger partial charge in [0, 0.05) is 24.9 Å². The minimum absolute atomic E-state index is 0.0198. The van der Waals surface area contributed by atoms with Crippen LogP contribution in [0.25, 0.3) is 0 Å². The van der Waals surface area contributed by atoms with E-state index in [2.05, 4.69) is 19.9 Å². The first-order valence-electron chi connectivity index (χ1n) is 5.83. The van der Waals surface area contributed by atoms with E-state index in [4.69, 9.17) is 0 Å². The van der Waals surface area contributed by atoms with Crippen LogP contribution in [-0.4, -0.2) is 54.4 Å². The summed E-state index contributed by atoms with van der Waals surface area (Å²) in [4.78, 5) is 14.7. The van der Waals surface area contributed by atoms with E-state index < -0.39 is 36.1 Å². The molecule has 0 bridgehead atoms. The van der Waals surface area contributed by atoms with Crippen LogP contribution in [0, 0.1) is 0 Å². The molecule has 2 aromatic heterocycles. The van der Waals surface area contributed by atoms with Crippen molar-refractivity contribution in [1.82, 2.24) is 19.9 Å². The molecule has 0 aliphatic heterocycles. The van der Waals surface area contributed by atoms with Crippen molar-refractivity contribution in [3.8, 4) is 0 Å². The molecule has 118 valence electrons. The van der Waals surface area contributed by atoms with E-state index in [-0.39, 0.29) is 11.4 Å². The number of aliphatic hydroxyl groups excluding tert-OH is 1. The lowest BCUT2D eigenvalue weighted by Crippen LogP contribution is -2.12. The predicted octanol–water partition coefficient (Wildman–Crippen LogP) is -0.845. The normalized spacial score (nSPS) is 12.5. The van der Waals surface area contributed by atoms with E-state index in [9.17, 15) is 21.9 Å². The second-order valence-corrected chi connectivity index (χ2v) is 8.29. The maximum absolute atomic E-state index is 11.4. The van der Waals surface area contributed by atoms with Gasteiger partial charge >= 0.3 is 0 Å². The van der Waals surface area contributed by atoms with Crippen molar-refractivity contribution >= 4 is 19.7 Å². The fourth-order valence-electron chi connectivity index (χ4n) is 1.52. The molecule has 1 N–H and O–H groups in total. The summed E-state index contributed by atoms with van der Waals surface area (Å²) in [7, 11) is -7.27. The van der Waals surface area contributed by atoms with Crippen molar-refractivity contribution in [2.24, 2.45) is 0 Å². The summed E-state index contributed by atoms with van der Waals surface area (Å²) in [5.74, 6) is 0. The molecule has 0 saturated heterocycles. The van der Waals surface area contributed by atoms with Gasteiger partial charge in [0.05, 0.1) is 11.4 Å². The zero-order chi connectivity index (χ0) is 16.5. The number of hydrogen-bond acceptors (Lipinski definition) is 9. The molecule has 2 heterocycles. The summed E-state index contributed by atoms with van der Waals surface area (Å²) in [6, 6.07) is 2.61. The highest BCUT2D eigenvalue weighted by Gasteiger charge is 2.20. The van der Waals surface area contributed by atoms with E-state index in [1.807, 2.05) is 0 Å². The average Bonchev–Trinajstić information content (AvgIpc) is 2.45. The molecule has 22 heavy (non-hydrogen) atoms. The minimum Gasteiger partial charge on any atom is -0.380 e. The molecular weight excluding hydrogens is 332 g/mol. The first-order valence-corrected chi connectivity index (χ1v) is 9.61. The van der Waals surface area contributed by atoms with Gasteiger partial charge in [0.25, 0.3) is 0 Å². The summed E-state index contributed by atoms with van der Waals surface area (Å²) < 4.78 is 45.7. The molecule has 0 aromatic carbocycles. The van der Waals surface area contributed by atoms with Crippen LogP contribution in [0.3, 0.4) is 0 Å². The molecule has 0 spiro atoms. The molecule has 2 rings (SSSR count). The monoisotopic (exact) mass is 344 g/mol. The number of nitrogens with zero attached hydrogens (tertiary/aromatic N) is 4. The van der Waals surface area contributed by atoms with Crippen molar-refractivity contribution in [3.63, 3.8) is 0 Å². The largest absolute Gasteiger partial charge is 0.380 e. The first kappa shape index (κ1) is 16.4. The van der Waals surface area contributed by atoms with Crippen molar-refractivity contribution in [2.75, 3.05) is 12.5 Å². The highest BCUT2D eigenvalue weighted by Crippen LogP contribution is 2.19. The molecule has 0 unspecified atom stereocenters. The van der Waals surface area contributed by atoms with Crippen molar-refractivity contribution < 1.29 is 21.9 Å². The average molecular weight is 344 g/mol. The van der Waals surface area contributed by atoms with Crippen LogP contribution >= 0.6 is 0 Å². The summed E-state index contributed by atoms with van der Waals surface area (Å²) in [5, 5.41) is 9.32. The summed E-state index contributed by atoms with van der Waals surface area (Å²) in [6.45, 7) is 0. The van der Waals surface area contributed by atoms with E-state index in [0.29, 0.717) is 0 Å². The molecule has 0 amide bonds. The van der Waals surface area contributed by atoms with Gasteiger partial charge in [-0.05, 0) is 12.1 Å². The lowest BCUT2D eigenvalue weighted by Gasteiger charge is -2.10. The van der Waals surface area contributed by atoms with Crippen LogP contribution < -0.4 is 0 Å². The van der Waals surface area contributed by atoms with Crippen molar-refractivity contribution in [2.45, 2.75) is 16.4 Å². The number of aliphatic hydroxyl groups is 1. The van der Waals surface area contributed by atoms with Gasteiger partial charge in [0.2, 0.25) is 30.0 Å². The third kappa shape index (κ3) is 3.61. The summed E-state index contributed by atoms with van der Waals surface area (Å²) in [6.07, 6.45) is 2.82. The Labute approximate surface area is 127 Å². The molecule has 0 radical (unpaired) electrons. The molecule has 0 saturated carbocycles. The highest BCUT2D eigenvalue weighted by atomic mass is 32.2. The second-order valence-electron chi connectivity index (χ2n) is 4.48. The Morgan fingerprint density at radius 1 is 0.864 bits per heavy atom. The number of aromatic nitrogens is 4. The fourth-order valence-corrected chi connectivity index (χ4v) is 2.57. The predicted molar refractivity (Wildman–Crippen MR) is 74.3 cm³/mol. The maximum Gasteiger partial charge on any atom is 0.247 e. The standard InChI is InChI=1S/C11H12N4O5S2/c1-21(17,18)10-12-5-3-7(14-10)9(16)8-4-6-13-11(15-8)22(2,19)20/h3-6,9,16H,1-2H3. The van der Waals surface area contributed by atoms with Crippen molar-refractivity contribution in [3.05, 3.63) is 35.9 Å². The maximum atomic E-state index is 11.4. The van der Waals surface area contributed by atoms with Gasteiger partial charge in [-0.25, -0.2) is 36.8 Å². The first-order chi connectivity index (χ1) is 10.1. The molecule has 2 aromatic rings. The van der Waals surface area contributed by atoms with Crippen LogP contribution in [0.2, 0.25) is 0 Å². The number of rotatable bonds is 4. The lowest BCUT2D eigenvalue weighted by atomic mass is 10.2. The van der Waals surface area contributed by atoms with Crippen LogP contribution in [0.5, 0.6) is 0 Å². The van der Waals surface area contributed by atoms with Gasteiger partial charge in [-0.2, -0.15) is 0 Å². The zero-order valence-electron chi connectivity index (χ0n) is 11.6. The Kier molecular flexibility index (Phi) is 4.22. The quantitative estimate of drug-likeness (QED) is 0.702. The molecule has 9 nitrogen and oxygen atoms in total. The Morgan fingerprint density at radius 2 is 1.23 bits per heavy atom. The topological polar surface area (TPSA) is 140 Å². The summed E-state index contributed by atoms with van der Waals surface area (Å²) in [5.41, 5.74) is -0.0397. The fraction of sp³-hybridized carbons (Fsp3) is 0.273. The Balaban J connectivity index is 2.47. The molecule has 0 aliphatic rings. The van der Waals surface area contributed by atoms with Crippen LogP contribution in [-0.2, 0) is 19.7 Å². The Bertz CT molecular complexity index is 836. The van der Waals surface area contributed by atoms with E-state index in [1.165, 1.54) is 24.5 Å². The highest BCUT2D eigenvalue weighted by molar-refractivity contribution is 7.90. The lowest BCUT2D eigenvalue weighted by molar-refractivity contribution is 0.208.